The molecule has 8 heteroatoms. The zero-order valence-corrected chi connectivity index (χ0v) is 19.1. The van der Waals surface area contributed by atoms with Crippen molar-refractivity contribution in [2.45, 2.75) is 12.8 Å². The minimum absolute atomic E-state index is 0.0411. The van der Waals surface area contributed by atoms with E-state index in [1.165, 1.54) is 45.6 Å². The average molecular weight is 445 g/mol. The highest BCUT2D eigenvalue weighted by Gasteiger charge is 2.42. The van der Waals surface area contributed by atoms with Crippen LogP contribution < -0.4 is 14.2 Å². The summed E-state index contributed by atoms with van der Waals surface area (Å²) in [6.45, 7) is 3.06. The molecule has 32 heavy (non-hydrogen) atoms. The fourth-order valence-electron chi connectivity index (χ4n) is 4.09. The van der Waals surface area contributed by atoms with Gasteiger partial charge in [-0.1, -0.05) is 0 Å². The van der Waals surface area contributed by atoms with E-state index in [1.54, 1.807) is 16.8 Å². The van der Waals surface area contributed by atoms with Crippen LogP contribution in [0, 0.1) is 11.7 Å². The summed E-state index contributed by atoms with van der Waals surface area (Å²) < 4.78 is 29.7. The second-order valence-electron chi connectivity index (χ2n) is 7.74. The maximum atomic E-state index is 13.3. The van der Waals surface area contributed by atoms with Crippen LogP contribution in [-0.2, 0) is 4.79 Å². The monoisotopic (exact) mass is 444 g/mol. The first-order chi connectivity index (χ1) is 15.3. The molecule has 3 rings (SSSR count). The quantitative estimate of drug-likeness (QED) is 0.656. The molecule has 2 amide bonds. The van der Waals surface area contributed by atoms with Crippen molar-refractivity contribution in [1.29, 1.82) is 0 Å². The summed E-state index contributed by atoms with van der Waals surface area (Å²) in [6.07, 6.45) is 0. The molecular formula is C24H29FN2O5. The Balaban J connectivity index is 2.00. The van der Waals surface area contributed by atoms with Gasteiger partial charge >= 0.3 is 0 Å². The van der Waals surface area contributed by atoms with E-state index in [0.29, 0.717) is 35.9 Å². The lowest BCUT2D eigenvalue weighted by molar-refractivity contribution is -0.133. The number of ether oxygens (including phenoxy) is 3. The van der Waals surface area contributed by atoms with Gasteiger partial charge in [0.1, 0.15) is 5.82 Å². The molecule has 2 atom stereocenters. The number of amides is 2. The van der Waals surface area contributed by atoms with Crippen LogP contribution >= 0.6 is 0 Å². The molecule has 0 bridgehead atoms. The Morgan fingerprint density at radius 3 is 2.12 bits per heavy atom. The summed E-state index contributed by atoms with van der Waals surface area (Å²) >= 11 is 0. The number of carbonyl (C=O) groups is 2. The summed E-state index contributed by atoms with van der Waals surface area (Å²) in [6, 6.07) is 9.08. The fourth-order valence-corrected chi connectivity index (χ4v) is 4.09. The third-order valence-corrected chi connectivity index (χ3v) is 5.98. The lowest BCUT2D eigenvalue weighted by Crippen LogP contribution is -2.36. The molecule has 0 aromatic heterocycles. The standard InChI is InChI=1S/C24H29FN2O5/c1-6-26(2)24(29)19-14-27(23(28)15-7-9-17(25)10-8-15)13-18(19)16-11-20(30-3)22(32-5)21(12-16)31-4/h7-12,18-19H,6,13-14H2,1-5H3/t18-,19+/m0/s1. The number of nitrogens with zero attached hydrogens (tertiary/aromatic N) is 2. The zero-order valence-electron chi connectivity index (χ0n) is 19.1. The van der Waals surface area contributed by atoms with Gasteiger partial charge in [0.15, 0.2) is 11.5 Å². The topological polar surface area (TPSA) is 68.3 Å². The number of halogens is 1. The molecule has 1 aliphatic rings. The van der Waals surface area contributed by atoms with E-state index in [0.717, 1.165) is 5.56 Å². The van der Waals surface area contributed by atoms with E-state index in [2.05, 4.69) is 0 Å². The second kappa shape index (κ2) is 9.89. The van der Waals surface area contributed by atoms with Gasteiger partial charge in [0, 0.05) is 38.2 Å². The number of likely N-dealkylation sites (tertiary alicyclic amines) is 1. The third-order valence-electron chi connectivity index (χ3n) is 5.98. The van der Waals surface area contributed by atoms with Gasteiger partial charge in [-0.3, -0.25) is 9.59 Å². The largest absolute Gasteiger partial charge is 0.493 e. The number of hydrogen-bond donors (Lipinski definition) is 0. The maximum absolute atomic E-state index is 13.3. The van der Waals surface area contributed by atoms with Crippen molar-refractivity contribution in [3.8, 4) is 17.2 Å². The molecule has 0 N–H and O–H groups in total. The molecule has 0 radical (unpaired) electrons. The van der Waals surface area contributed by atoms with Gasteiger partial charge in [0.2, 0.25) is 11.7 Å². The molecule has 0 unspecified atom stereocenters. The van der Waals surface area contributed by atoms with Crippen LogP contribution in [0.1, 0.15) is 28.8 Å². The fraction of sp³-hybridized carbons (Fsp3) is 0.417. The van der Waals surface area contributed by atoms with Crippen LogP contribution in [0.4, 0.5) is 4.39 Å². The number of rotatable bonds is 7. The summed E-state index contributed by atoms with van der Waals surface area (Å²) in [5.74, 6) is 0.0418. The summed E-state index contributed by atoms with van der Waals surface area (Å²) in [5.41, 5.74) is 1.20. The molecule has 1 fully saturated rings. The number of carbonyl (C=O) groups excluding carboxylic acids is 2. The third kappa shape index (κ3) is 4.49. The molecule has 0 aliphatic carbocycles. The number of benzene rings is 2. The Kier molecular flexibility index (Phi) is 7.22. The summed E-state index contributed by atoms with van der Waals surface area (Å²) in [7, 11) is 6.35. The number of hydrogen-bond acceptors (Lipinski definition) is 5. The van der Waals surface area contributed by atoms with Crippen molar-refractivity contribution in [3.05, 3.63) is 53.3 Å². The van der Waals surface area contributed by atoms with Crippen molar-refractivity contribution in [3.63, 3.8) is 0 Å². The van der Waals surface area contributed by atoms with Crippen molar-refractivity contribution in [2.75, 3.05) is 48.0 Å². The lowest BCUT2D eigenvalue weighted by Gasteiger charge is -2.24. The highest BCUT2D eigenvalue weighted by Crippen LogP contribution is 2.43. The zero-order chi connectivity index (χ0) is 23.4. The Morgan fingerprint density at radius 1 is 1.03 bits per heavy atom. The van der Waals surface area contributed by atoms with Crippen LogP contribution in [0.5, 0.6) is 17.2 Å². The molecule has 2 aromatic carbocycles. The van der Waals surface area contributed by atoms with Gasteiger partial charge < -0.3 is 24.0 Å². The SMILES string of the molecule is CCN(C)C(=O)[C@@H]1CN(C(=O)c2ccc(F)cc2)C[C@H]1c1cc(OC)c(OC)c(OC)c1. The van der Waals surface area contributed by atoms with E-state index < -0.39 is 11.7 Å². The second-order valence-corrected chi connectivity index (χ2v) is 7.74. The van der Waals surface area contributed by atoms with Crippen LogP contribution in [0.3, 0.4) is 0 Å². The molecular weight excluding hydrogens is 415 g/mol. The van der Waals surface area contributed by atoms with Gasteiger partial charge in [-0.2, -0.15) is 0 Å². The molecule has 0 saturated carbocycles. The average Bonchev–Trinajstić information content (AvgIpc) is 3.27. The van der Waals surface area contributed by atoms with Gasteiger partial charge in [-0.05, 0) is 48.9 Å². The smallest absolute Gasteiger partial charge is 0.253 e. The van der Waals surface area contributed by atoms with Crippen molar-refractivity contribution in [2.24, 2.45) is 5.92 Å². The van der Waals surface area contributed by atoms with E-state index in [4.69, 9.17) is 14.2 Å². The highest BCUT2D eigenvalue weighted by molar-refractivity contribution is 5.95. The summed E-state index contributed by atoms with van der Waals surface area (Å²) in [5, 5.41) is 0. The molecule has 2 aromatic rings. The first kappa shape index (κ1) is 23.4. The predicted molar refractivity (Wildman–Crippen MR) is 118 cm³/mol. The minimum atomic E-state index is -0.438. The minimum Gasteiger partial charge on any atom is -0.493 e. The number of methoxy groups -OCH3 is 3. The molecule has 172 valence electrons. The maximum Gasteiger partial charge on any atom is 0.253 e. The van der Waals surface area contributed by atoms with Crippen LogP contribution in [0.2, 0.25) is 0 Å². The highest BCUT2D eigenvalue weighted by atomic mass is 19.1. The van der Waals surface area contributed by atoms with Gasteiger partial charge in [0.05, 0.1) is 27.2 Å². The first-order valence-electron chi connectivity index (χ1n) is 10.4. The Labute approximate surface area is 187 Å². The van der Waals surface area contributed by atoms with Crippen molar-refractivity contribution in [1.82, 2.24) is 9.80 Å². The Bertz CT molecular complexity index is 954. The first-order valence-corrected chi connectivity index (χ1v) is 10.4. The Hall–Kier alpha value is -3.29. The van der Waals surface area contributed by atoms with Gasteiger partial charge in [0.25, 0.3) is 5.91 Å². The molecule has 1 aliphatic heterocycles. The van der Waals surface area contributed by atoms with Gasteiger partial charge in [-0.25, -0.2) is 4.39 Å². The van der Waals surface area contributed by atoms with Crippen molar-refractivity contribution >= 4 is 11.8 Å². The van der Waals surface area contributed by atoms with Gasteiger partial charge in [-0.15, -0.1) is 0 Å². The molecule has 1 heterocycles. The molecule has 7 nitrogen and oxygen atoms in total. The van der Waals surface area contributed by atoms with Crippen LogP contribution in [0.25, 0.3) is 0 Å². The van der Waals surface area contributed by atoms with E-state index in [1.807, 2.05) is 19.1 Å². The van der Waals surface area contributed by atoms with E-state index in [-0.39, 0.29) is 24.3 Å². The molecule has 1 saturated heterocycles. The summed E-state index contributed by atoms with van der Waals surface area (Å²) in [4.78, 5) is 29.6. The normalized spacial score (nSPS) is 17.8. The molecule has 0 spiro atoms. The lowest BCUT2D eigenvalue weighted by atomic mass is 9.87. The van der Waals surface area contributed by atoms with Crippen molar-refractivity contribution < 1.29 is 28.2 Å². The predicted octanol–water partition coefficient (Wildman–Crippen LogP) is 3.19. The Morgan fingerprint density at radius 2 is 1.62 bits per heavy atom. The van der Waals surface area contributed by atoms with Crippen LogP contribution in [-0.4, -0.2) is 69.6 Å². The van der Waals surface area contributed by atoms with E-state index in [9.17, 15) is 14.0 Å². The van der Waals surface area contributed by atoms with Crippen LogP contribution in [0.15, 0.2) is 36.4 Å². The van der Waals surface area contributed by atoms with E-state index >= 15 is 0 Å².